The first-order chi connectivity index (χ1) is 33.3. The number of unbranched alkanes of at least 4 members (excludes halogenated alkanes) is 2. The average Bonchev–Trinajstić information content (AvgIpc) is 3.73. The zero-order chi connectivity index (χ0) is 51.4. The number of aliphatic carboxylic acids is 1. The molecule has 8 amide bonds. The second-order valence-corrected chi connectivity index (χ2v) is 17.7. The fourth-order valence-electron chi connectivity index (χ4n) is 7.44. The third-order valence-corrected chi connectivity index (χ3v) is 11.5. The van der Waals surface area contributed by atoms with Gasteiger partial charge in [0.1, 0.15) is 17.8 Å². The molecule has 0 fully saturated rings. The van der Waals surface area contributed by atoms with Crippen molar-refractivity contribution in [3.63, 3.8) is 0 Å². The van der Waals surface area contributed by atoms with Gasteiger partial charge in [-0.05, 0) is 80.6 Å². The lowest BCUT2D eigenvalue weighted by atomic mass is 9.99. The molecule has 0 saturated heterocycles. The van der Waals surface area contributed by atoms with Crippen LogP contribution in [0.4, 0.5) is 4.79 Å². The Balaban J connectivity index is 1.47. The molecule has 0 saturated carbocycles. The van der Waals surface area contributed by atoms with E-state index in [4.69, 9.17) is 9.66 Å². The minimum absolute atomic E-state index is 0.0508. The number of aromatic nitrogens is 1. The standard InChI is InChI=1S/C48H62N8O13S/c1-5-7-16-38(53-41(57)24-21-31-19-22-34(23-20-31)69-70(66,67)68)45(62)51-28-42(58)56(29-33-27-50-37-18-12-11-14-35(33)37)48(65)54-39(17-8-6-2)46(63)55-44(61)36-15-10-9-13-32(36)25-30(3)52-47(64)40(49-4)26-43(59)60/h9-15,18-20,22-23,27,30,38-40,49-50H,5-8,16-17,21,24-26,28-29H2,1-4H3,(H,51,62)(H,52,64)(H,53,57)(H,54,65)(H,59,60)(H,55,61,63)(H,66,67,68)/t30-,38+,39+,40+/m1/s1. The van der Waals surface area contributed by atoms with Crippen LogP contribution in [0.1, 0.15) is 99.2 Å². The number of aromatic amines is 1. The molecule has 0 aliphatic heterocycles. The van der Waals surface area contributed by atoms with Crippen LogP contribution < -0.4 is 36.1 Å². The van der Waals surface area contributed by atoms with Crippen LogP contribution in [0.25, 0.3) is 10.9 Å². The number of benzene rings is 3. The van der Waals surface area contributed by atoms with E-state index in [9.17, 15) is 46.8 Å². The summed E-state index contributed by atoms with van der Waals surface area (Å²) in [5.41, 5.74) is 2.52. The van der Waals surface area contributed by atoms with Crippen molar-refractivity contribution in [1.82, 2.24) is 41.8 Å². The van der Waals surface area contributed by atoms with Crippen molar-refractivity contribution in [2.24, 2.45) is 0 Å². The number of carbonyl (C=O) groups excluding carboxylic acids is 7. The molecule has 1 aromatic heterocycles. The normalized spacial score (nSPS) is 12.9. The molecule has 0 radical (unpaired) electrons. The van der Waals surface area contributed by atoms with Crippen molar-refractivity contribution in [2.45, 2.75) is 116 Å². The first-order valence-corrected chi connectivity index (χ1v) is 24.3. The lowest BCUT2D eigenvalue weighted by Gasteiger charge is -2.26. The van der Waals surface area contributed by atoms with Crippen molar-refractivity contribution in [2.75, 3.05) is 13.6 Å². The van der Waals surface area contributed by atoms with Crippen LogP contribution in [0, 0.1) is 0 Å². The van der Waals surface area contributed by atoms with Crippen molar-refractivity contribution >= 4 is 68.7 Å². The van der Waals surface area contributed by atoms with Crippen LogP contribution in [-0.4, -0.2) is 113 Å². The van der Waals surface area contributed by atoms with Crippen LogP contribution in [0.3, 0.4) is 0 Å². The monoisotopic (exact) mass is 990 g/mol. The Morgan fingerprint density at radius 1 is 0.771 bits per heavy atom. The van der Waals surface area contributed by atoms with Crippen molar-refractivity contribution < 1.29 is 60.6 Å². The molecule has 9 N–H and O–H groups in total. The quantitative estimate of drug-likeness (QED) is 0.0387. The van der Waals surface area contributed by atoms with Crippen LogP contribution in [0.2, 0.25) is 0 Å². The maximum Gasteiger partial charge on any atom is 0.446 e. The number of H-pyrrole nitrogens is 1. The minimum Gasteiger partial charge on any atom is -0.481 e. The highest BCUT2D eigenvalue weighted by Gasteiger charge is 2.31. The maximum atomic E-state index is 14.2. The molecule has 70 heavy (non-hydrogen) atoms. The van der Waals surface area contributed by atoms with Gasteiger partial charge in [-0.2, -0.15) is 8.42 Å². The molecule has 0 aliphatic carbocycles. The Hall–Kier alpha value is -7.17. The molecule has 0 unspecified atom stereocenters. The summed E-state index contributed by atoms with van der Waals surface area (Å²) in [5.74, 6) is -5.45. The van der Waals surface area contributed by atoms with Gasteiger partial charge in [-0.25, -0.2) is 4.79 Å². The highest BCUT2D eigenvalue weighted by molar-refractivity contribution is 7.81. The molecule has 3 aromatic carbocycles. The number of nitrogens with one attached hydrogen (secondary N) is 7. The number of fused-ring (bicyclic) bond motifs is 1. The summed E-state index contributed by atoms with van der Waals surface area (Å²) < 4.78 is 35.3. The fraction of sp³-hybridized carbons (Fsp3) is 0.417. The van der Waals surface area contributed by atoms with E-state index in [0.717, 1.165) is 10.4 Å². The fourth-order valence-corrected chi connectivity index (χ4v) is 7.79. The van der Waals surface area contributed by atoms with Crippen molar-refractivity contribution in [1.29, 1.82) is 0 Å². The third-order valence-electron chi connectivity index (χ3n) is 11.1. The maximum absolute atomic E-state index is 14.2. The van der Waals surface area contributed by atoms with E-state index in [2.05, 4.69) is 41.1 Å². The Kier molecular flexibility index (Phi) is 21.5. The number of urea groups is 1. The number of amides is 8. The van der Waals surface area contributed by atoms with Gasteiger partial charge in [-0.3, -0.25) is 48.3 Å². The van der Waals surface area contributed by atoms with Gasteiger partial charge < -0.3 is 40.9 Å². The van der Waals surface area contributed by atoms with Crippen LogP contribution in [0.5, 0.6) is 5.75 Å². The second kappa shape index (κ2) is 27.1. The highest BCUT2D eigenvalue weighted by atomic mass is 32.3. The number of hydrogen-bond acceptors (Lipinski definition) is 12. The van der Waals surface area contributed by atoms with Gasteiger partial charge in [-0.15, -0.1) is 0 Å². The number of carbonyl (C=O) groups is 8. The number of carboxylic acid groups (broad SMARTS) is 1. The van der Waals surface area contributed by atoms with Gasteiger partial charge >= 0.3 is 22.4 Å². The van der Waals surface area contributed by atoms with E-state index >= 15 is 0 Å². The topological polar surface area (TPSA) is 312 Å². The number of aryl methyl sites for hydroxylation is 1. The van der Waals surface area contributed by atoms with Crippen molar-refractivity contribution in [3.8, 4) is 5.75 Å². The lowest BCUT2D eigenvalue weighted by molar-refractivity contribution is -0.140. The van der Waals surface area contributed by atoms with Crippen LogP contribution in [-0.2, 0) is 58.6 Å². The number of hydrogen-bond donors (Lipinski definition) is 9. The number of rotatable bonds is 27. The molecule has 378 valence electrons. The molecule has 0 spiro atoms. The van der Waals surface area contributed by atoms with Crippen molar-refractivity contribution in [3.05, 3.63) is 101 Å². The van der Waals surface area contributed by atoms with E-state index < -0.39 is 95.0 Å². The Morgan fingerprint density at radius 3 is 2.06 bits per heavy atom. The largest absolute Gasteiger partial charge is 0.481 e. The zero-order valence-electron chi connectivity index (χ0n) is 39.5. The van der Waals surface area contributed by atoms with E-state index in [1.165, 1.54) is 37.4 Å². The lowest BCUT2D eigenvalue weighted by Crippen LogP contribution is -2.55. The second-order valence-electron chi connectivity index (χ2n) is 16.6. The predicted octanol–water partition coefficient (Wildman–Crippen LogP) is 3.44. The molecule has 22 heteroatoms. The zero-order valence-corrected chi connectivity index (χ0v) is 40.4. The van der Waals surface area contributed by atoms with Crippen LogP contribution in [0.15, 0.2) is 79.0 Å². The van der Waals surface area contributed by atoms with E-state index in [-0.39, 0.29) is 50.0 Å². The predicted molar refractivity (Wildman–Crippen MR) is 257 cm³/mol. The van der Waals surface area contributed by atoms with Gasteiger partial charge in [-0.1, -0.05) is 88.1 Å². The Labute approximate surface area is 406 Å². The number of carboxylic acids is 1. The highest BCUT2D eigenvalue weighted by Crippen LogP contribution is 2.21. The number of nitrogens with zero attached hydrogens (tertiary/aromatic N) is 1. The number of imide groups is 2. The number of likely N-dealkylation sites (N-methyl/N-ethyl adjacent to an activating group) is 1. The van der Waals surface area contributed by atoms with Gasteiger partial charge in [0.15, 0.2) is 0 Å². The summed E-state index contributed by atoms with van der Waals surface area (Å²) in [4.78, 5) is 110. The third kappa shape index (κ3) is 17.7. The summed E-state index contributed by atoms with van der Waals surface area (Å²) in [6.45, 7) is 4.51. The summed E-state index contributed by atoms with van der Waals surface area (Å²) in [6.07, 6.45) is 4.14. The molecule has 4 aromatic rings. The Bertz CT molecular complexity index is 2590. The first kappa shape index (κ1) is 55.4. The molecular formula is C48H62N8O13S. The van der Waals surface area contributed by atoms with Gasteiger partial charge in [0.05, 0.1) is 25.6 Å². The summed E-state index contributed by atoms with van der Waals surface area (Å²) in [5, 5.41) is 25.6. The van der Waals surface area contributed by atoms with Gasteiger partial charge in [0.25, 0.3) is 5.91 Å². The average molecular weight is 991 g/mol. The molecule has 0 bridgehead atoms. The molecular weight excluding hydrogens is 929 g/mol. The van der Waals surface area contributed by atoms with E-state index in [0.29, 0.717) is 47.8 Å². The smallest absolute Gasteiger partial charge is 0.446 e. The van der Waals surface area contributed by atoms with E-state index in [1.807, 2.05) is 26.0 Å². The van der Waals surface area contributed by atoms with Gasteiger partial charge in [0.2, 0.25) is 29.5 Å². The molecule has 21 nitrogen and oxygen atoms in total. The van der Waals surface area contributed by atoms with Gasteiger partial charge in [0, 0.05) is 35.1 Å². The minimum atomic E-state index is -4.71. The van der Waals surface area contributed by atoms with E-state index in [1.54, 1.807) is 43.5 Å². The molecule has 1 heterocycles. The summed E-state index contributed by atoms with van der Waals surface area (Å²) in [6, 6.07) is 14.4. The summed E-state index contributed by atoms with van der Waals surface area (Å²) >= 11 is 0. The Morgan fingerprint density at radius 2 is 1.41 bits per heavy atom. The van der Waals surface area contributed by atoms with Crippen LogP contribution >= 0.6 is 0 Å². The first-order valence-electron chi connectivity index (χ1n) is 22.9. The molecule has 4 atom stereocenters. The molecule has 0 aliphatic rings. The SMILES string of the molecule is CCCC[C@H](NC(=O)CCc1ccc(OS(=O)(=O)O)cc1)C(=O)NCC(=O)N(Cc1c[nH]c2ccccc12)C(=O)N[C@@H](CCCC)C(=O)NC(=O)c1ccccc1C[C@@H](C)NC(=O)[C@H](CC(=O)O)NC. The summed E-state index contributed by atoms with van der Waals surface area (Å²) in [7, 11) is -3.24. The number of para-hydroxylation sites is 1. The molecule has 4 rings (SSSR count).